The second kappa shape index (κ2) is 8.00. The van der Waals surface area contributed by atoms with Crippen molar-refractivity contribution < 1.29 is 9.53 Å². The number of fused-ring (bicyclic) bond motifs is 1. The van der Waals surface area contributed by atoms with E-state index in [2.05, 4.69) is 9.88 Å². The highest BCUT2D eigenvalue weighted by atomic mass is 16.5. The minimum atomic E-state index is 0.0204. The molecule has 1 aliphatic heterocycles. The zero-order chi connectivity index (χ0) is 20.3. The van der Waals surface area contributed by atoms with Crippen LogP contribution in [0.25, 0.3) is 16.7 Å². The van der Waals surface area contributed by atoms with Gasteiger partial charge in [0.2, 0.25) is 5.95 Å². The first-order valence-electron chi connectivity index (χ1n) is 10.1. The maximum absolute atomic E-state index is 12.9. The lowest BCUT2D eigenvalue weighted by molar-refractivity contribution is 0.0303. The van der Waals surface area contributed by atoms with E-state index in [-0.39, 0.29) is 5.91 Å². The Balaban J connectivity index is 1.58. The summed E-state index contributed by atoms with van der Waals surface area (Å²) in [5, 5.41) is 3.41. The van der Waals surface area contributed by atoms with Crippen molar-refractivity contribution in [1.82, 2.24) is 14.5 Å². The predicted octanol–water partition coefficient (Wildman–Crippen LogP) is 4.24. The molecular formula is C24H22N4O2. The summed E-state index contributed by atoms with van der Waals surface area (Å²) >= 11 is 0. The van der Waals surface area contributed by atoms with Crippen LogP contribution >= 0.6 is 0 Å². The molecule has 2 heterocycles. The third-order valence-electron chi connectivity index (χ3n) is 5.24. The first kappa shape index (κ1) is 18.4. The monoisotopic (exact) mass is 398 g/mol. The number of imidazole rings is 1. The summed E-state index contributed by atoms with van der Waals surface area (Å²) in [6.07, 6.45) is 0. The molecule has 1 fully saturated rings. The Hall–Kier alpha value is -3.64. The lowest BCUT2D eigenvalue weighted by Crippen LogP contribution is -2.40. The Kier molecular flexibility index (Phi) is 4.91. The van der Waals surface area contributed by atoms with E-state index >= 15 is 0 Å². The van der Waals surface area contributed by atoms with Crippen LogP contribution in [0.5, 0.6) is 0 Å². The number of morpholine rings is 1. The van der Waals surface area contributed by atoms with Gasteiger partial charge in [-0.2, -0.15) is 0 Å². The lowest BCUT2D eigenvalue weighted by atomic mass is 10.1. The van der Waals surface area contributed by atoms with Crippen LogP contribution in [0.2, 0.25) is 0 Å². The molecule has 0 aliphatic carbocycles. The van der Waals surface area contributed by atoms with Gasteiger partial charge in [-0.1, -0.05) is 36.4 Å². The van der Waals surface area contributed by atoms with Crippen LogP contribution in [0.4, 0.5) is 11.6 Å². The molecule has 1 aliphatic rings. The molecule has 1 aromatic heterocycles. The van der Waals surface area contributed by atoms with E-state index in [1.54, 1.807) is 0 Å². The third kappa shape index (κ3) is 3.53. The third-order valence-corrected chi connectivity index (χ3v) is 5.24. The Bertz CT molecular complexity index is 1170. The molecule has 1 amide bonds. The zero-order valence-corrected chi connectivity index (χ0v) is 16.5. The minimum Gasteiger partial charge on any atom is -0.378 e. The molecule has 6 heteroatoms. The molecule has 1 N–H and O–H groups in total. The number of amides is 1. The van der Waals surface area contributed by atoms with Crippen LogP contribution < -0.4 is 5.32 Å². The van der Waals surface area contributed by atoms with Crippen LogP contribution in [-0.2, 0) is 4.74 Å². The van der Waals surface area contributed by atoms with Crippen molar-refractivity contribution in [2.24, 2.45) is 0 Å². The number of benzene rings is 3. The Morgan fingerprint density at radius 1 is 0.900 bits per heavy atom. The van der Waals surface area contributed by atoms with Crippen LogP contribution in [0, 0.1) is 0 Å². The molecule has 150 valence electrons. The summed E-state index contributed by atoms with van der Waals surface area (Å²) in [6, 6.07) is 25.8. The van der Waals surface area contributed by atoms with E-state index in [0.29, 0.717) is 37.8 Å². The molecule has 4 aromatic rings. The number of nitrogens with one attached hydrogen (secondary N) is 1. The average molecular weight is 398 g/mol. The van der Waals surface area contributed by atoms with Gasteiger partial charge in [-0.25, -0.2) is 4.98 Å². The van der Waals surface area contributed by atoms with Gasteiger partial charge in [-0.3, -0.25) is 9.36 Å². The lowest BCUT2D eigenvalue weighted by Gasteiger charge is -2.26. The molecule has 3 aromatic carbocycles. The number of carbonyl (C=O) groups is 1. The minimum absolute atomic E-state index is 0.0204. The summed E-state index contributed by atoms with van der Waals surface area (Å²) in [6.45, 7) is 2.41. The van der Waals surface area contributed by atoms with Gasteiger partial charge < -0.3 is 15.0 Å². The number of aromatic nitrogens is 2. The predicted molar refractivity (Wildman–Crippen MR) is 118 cm³/mol. The largest absolute Gasteiger partial charge is 0.378 e. The van der Waals surface area contributed by atoms with Gasteiger partial charge >= 0.3 is 0 Å². The van der Waals surface area contributed by atoms with Crippen molar-refractivity contribution in [2.45, 2.75) is 0 Å². The Morgan fingerprint density at radius 3 is 2.33 bits per heavy atom. The maximum atomic E-state index is 12.9. The number of rotatable bonds is 4. The zero-order valence-electron chi connectivity index (χ0n) is 16.5. The maximum Gasteiger partial charge on any atom is 0.254 e. The molecule has 5 rings (SSSR count). The highest BCUT2D eigenvalue weighted by Crippen LogP contribution is 2.28. The van der Waals surface area contributed by atoms with Gasteiger partial charge in [0, 0.05) is 30.0 Å². The van der Waals surface area contributed by atoms with Gasteiger partial charge in [-0.15, -0.1) is 0 Å². The fraction of sp³-hybridized carbons (Fsp3) is 0.167. The van der Waals surface area contributed by atoms with Gasteiger partial charge in [-0.05, 0) is 42.5 Å². The van der Waals surface area contributed by atoms with Crippen molar-refractivity contribution >= 4 is 28.6 Å². The molecule has 0 unspecified atom stereocenters. The van der Waals surface area contributed by atoms with Crippen LogP contribution in [0.3, 0.4) is 0 Å². The molecule has 6 nitrogen and oxygen atoms in total. The molecule has 0 radical (unpaired) electrons. The van der Waals surface area contributed by atoms with Crippen molar-refractivity contribution in [3.05, 3.63) is 84.4 Å². The van der Waals surface area contributed by atoms with E-state index in [0.717, 1.165) is 22.4 Å². The number of anilines is 2. The Morgan fingerprint density at radius 2 is 1.60 bits per heavy atom. The van der Waals surface area contributed by atoms with Gasteiger partial charge in [0.25, 0.3) is 5.91 Å². The van der Waals surface area contributed by atoms with Crippen molar-refractivity contribution in [1.29, 1.82) is 0 Å². The first-order chi connectivity index (χ1) is 14.8. The molecular weight excluding hydrogens is 376 g/mol. The number of hydrogen-bond donors (Lipinski definition) is 1. The smallest absolute Gasteiger partial charge is 0.254 e. The van der Waals surface area contributed by atoms with Crippen molar-refractivity contribution in [2.75, 3.05) is 31.6 Å². The second-order valence-corrected chi connectivity index (χ2v) is 7.21. The van der Waals surface area contributed by atoms with E-state index in [9.17, 15) is 4.79 Å². The van der Waals surface area contributed by atoms with E-state index in [1.807, 2.05) is 83.8 Å². The highest BCUT2D eigenvalue weighted by molar-refractivity contribution is 5.98. The average Bonchev–Trinajstić information content (AvgIpc) is 3.17. The van der Waals surface area contributed by atoms with Crippen molar-refractivity contribution in [3.63, 3.8) is 0 Å². The van der Waals surface area contributed by atoms with Crippen LogP contribution in [-0.4, -0.2) is 46.7 Å². The van der Waals surface area contributed by atoms with Gasteiger partial charge in [0.15, 0.2) is 0 Å². The fourth-order valence-corrected chi connectivity index (χ4v) is 3.74. The van der Waals surface area contributed by atoms with E-state index in [4.69, 9.17) is 9.72 Å². The SMILES string of the molecule is O=C(c1ccc2c(c1)nc(Nc1ccccc1)n2-c1ccccc1)N1CCOCC1. The highest BCUT2D eigenvalue weighted by Gasteiger charge is 2.20. The quantitative estimate of drug-likeness (QED) is 0.559. The summed E-state index contributed by atoms with van der Waals surface area (Å²) in [5.41, 5.74) is 4.32. The second-order valence-electron chi connectivity index (χ2n) is 7.21. The van der Waals surface area contributed by atoms with Gasteiger partial charge in [0.05, 0.1) is 24.2 Å². The molecule has 30 heavy (non-hydrogen) atoms. The number of hydrogen-bond acceptors (Lipinski definition) is 4. The number of ether oxygens (including phenoxy) is 1. The molecule has 0 spiro atoms. The molecule has 1 saturated heterocycles. The van der Waals surface area contributed by atoms with E-state index in [1.165, 1.54) is 0 Å². The molecule has 0 atom stereocenters. The molecule has 0 bridgehead atoms. The summed E-state index contributed by atoms with van der Waals surface area (Å²) in [7, 11) is 0. The molecule has 0 saturated carbocycles. The first-order valence-corrected chi connectivity index (χ1v) is 10.1. The number of carbonyl (C=O) groups excluding carboxylic acids is 1. The summed E-state index contributed by atoms with van der Waals surface area (Å²) in [5.74, 6) is 0.727. The van der Waals surface area contributed by atoms with Crippen LogP contribution in [0.1, 0.15) is 10.4 Å². The van der Waals surface area contributed by atoms with Crippen molar-refractivity contribution in [3.8, 4) is 5.69 Å². The summed E-state index contributed by atoms with van der Waals surface area (Å²) in [4.78, 5) is 19.6. The van der Waals surface area contributed by atoms with Gasteiger partial charge in [0.1, 0.15) is 0 Å². The topological polar surface area (TPSA) is 59.4 Å². The Labute approximate surface area is 174 Å². The number of para-hydroxylation sites is 2. The fourth-order valence-electron chi connectivity index (χ4n) is 3.74. The number of nitrogens with zero attached hydrogens (tertiary/aromatic N) is 3. The van der Waals surface area contributed by atoms with E-state index < -0.39 is 0 Å². The van der Waals surface area contributed by atoms with Crippen LogP contribution in [0.15, 0.2) is 78.9 Å². The normalized spacial score (nSPS) is 14.1. The standard InChI is InChI=1S/C24H22N4O2/c29-23(27-13-15-30-16-14-27)18-11-12-22-21(17-18)26-24(25-19-7-3-1-4-8-19)28(22)20-9-5-2-6-10-20/h1-12,17H,13-16H2,(H,25,26). The summed E-state index contributed by atoms with van der Waals surface area (Å²) < 4.78 is 7.44.